The van der Waals surface area contributed by atoms with Crippen molar-refractivity contribution in [3.05, 3.63) is 48.0 Å². The van der Waals surface area contributed by atoms with E-state index in [1.807, 2.05) is 44.2 Å². The summed E-state index contributed by atoms with van der Waals surface area (Å²) in [6.45, 7) is 10.3. The van der Waals surface area contributed by atoms with E-state index in [0.717, 1.165) is 33.8 Å². The summed E-state index contributed by atoms with van der Waals surface area (Å²) in [4.78, 5) is 16.5. The third kappa shape index (κ3) is 2.96. The van der Waals surface area contributed by atoms with Gasteiger partial charge in [0.2, 0.25) is 0 Å². The van der Waals surface area contributed by atoms with Crippen LogP contribution in [0.3, 0.4) is 0 Å². The van der Waals surface area contributed by atoms with Crippen LogP contribution in [-0.4, -0.2) is 21.8 Å². The number of fused-ring (bicyclic) bond motifs is 3. The third-order valence-electron chi connectivity index (χ3n) is 4.87. The molecule has 0 amide bonds. The fourth-order valence-electron chi connectivity index (χ4n) is 3.34. The molecule has 0 unspecified atom stereocenters. The van der Waals surface area contributed by atoms with E-state index >= 15 is 0 Å². The molecule has 0 spiro atoms. The average molecular weight is 322 g/mol. The minimum Gasteiger partial charge on any atom is -0.355 e. The lowest BCUT2D eigenvalue weighted by molar-refractivity contribution is 0.0846. The van der Waals surface area contributed by atoms with Crippen molar-refractivity contribution < 1.29 is 4.79 Å². The Balaban J connectivity index is 2.02. The Hall–Kier alpha value is -2.13. The first-order chi connectivity index (χ1) is 11.2. The number of para-hydroxylation sites is 1. The van der Waals surface area contributed by atoms with Crippen LogP contribution in [0, 0.1) is 0 Å². The summed E-state index contributed by atoms with van der Waals surface area (Å²) in [5.41, 5.74) is 2.22. The normalized spacial score (nSPS) is 12.9. The summed E-state index contributed by atoms with van der Waals surface area (Å²) in [5, 5.41) is 5.76. The van der Waals surface area contributed by atoms with E-state index in [2.05, 4.69) is 43.2 Å². The molecule has 0 aliphatic rings. The van der Waals surface area contributed by atoms with Gasteiger partial charge in [0.05, 0.1) is 5.54 Å². The molecule has 0 bridgehead atoms. The molecule has 0 aliphatic carbocycles. The molecule has 24 heavy (non-hydrogen) atoms. The van der Waals surface area contributed by atoms with Crippen LogP contribution in [0.2, 0.25) is 0 Å². The van der Waals surface area contributed by atoms with Crippen molar-refractivity contribution in [2.24, 2.45) is 0 Å². The second-order valence-electron chi connectivity index (χ2n) is 7.75. The molecule has 2 aromatic carbocycles. The molecular formula is C21H26N2O. The summed E-state index contributed by atoms with van der Waals surface area (Å²) >= 11 is 0. The minimum absolute atomic E-state index is 0.0793. The Labute approximate surface area is 143 Å². The fourth-order valence-corrected chi connectivity index (χ4v) is 3.34. The van der Waals surface area contributed by atoms with E-state index < -0.39 is 5.54 Å². The molecule has 0 fully saturated rings. The zero-order valence-corrected chi connectivity index (χ0v) is 15.2. The maximum Gasteiger partial charge on any atom is 0.182 e. The summed E-state index contributed by atoms with van der Waals surface area (Å²) in [7, 11) is 0. The van der Waals surface area contributed by atoms with Crippen LogP contribution < -0.4 is 5.32 Å². The van der Waals surface area contributed by atoms with Crippen LogP contribution in [0.25, 0.3) is 21.8 Å². The number of aromatic amines is 1. The van der Waals surface area contributed by atoms with Gasteiger partial charge in [-0.05, 0) is 58.4 Å². The lowest BCUT2D eigenvalue weighted by Crippen LogP contribution is -2.56. The second kappa shape index (κ2) is 5.75. The second-order valence-corrected chi connectivity index (χ2v) is 7.75. The molecule has 3 heteroatoms. The number of rotatable bonds is 5. The Morgan fingerprint density at radius 3 is 2.38 bits per heavy atom. The highest BCUT2D eigenvalue weighted by molar-refractivity contribution is 6.11. The molecule has 126 valence electrons. The molecule has 3 aromatic rings. The highest BCUT2D eigenvalue weighted by Crippen LogP contribution is 2.28. The maximum atomic E-state index is 13.1. The van der Waals surface area contributed by atoms with E-state index in [1.165, 1.54) is 0 Å². The molecule has 3 rings (SSSR count). The zero-order valence-electron chi connectivity index (χ0n) is 15.2. The third-order valence-corrected chi connectivity index (χ3v) is 4.87. The Bertz CT molecular complexity index is 902. The number of H-pyrrole nitrogens is 1. The predicted molar refractivity (Wildman–Crippen MR) is 102 cm³/mol. The van der Waals surface area contributed by atoms with Crippen LogP contribution in [0.1, 0.15) is 51.4 Å². The molecule has 2 N–H and O–H groups in total. The number of nitrogens with one attached hydrogen (secondary N) is 2. The van der Waals surface area contributed by atoms with Gasteiger partial charge in [0, 0.05) is 32.9 Å². The summed E-state index contributed by atoms with van der Waals surface area (Å²) in [6, 6.07) is 14.1. The SMILES string of the molecule is CCC(C)(C)NC(C)(C)C(=O)c1ccc2[nH]c3ccccc3c2c1. The van der Waals surface area contributed by atoms with E-state index in [4.69, 9.17) is 0 Å². The number of Topliss-reactive ketones (excluding diaryl/α,β-unsaturated/α-hetero) is 1. The molecule has 0 saturated heterocycles. The van der Waals surface area contributed by atoms with Crippen LogP contribution in [0.4, 0.5) is 0 Å². The average Bonchev–Trinajstić information content (AvgIpc) is 2.91. The molecular weight excluding hydrogens is 296 g/mol. The first-order valence-electron chi connectivity index (χ1n) is 8.58. The van der Waals surface area contributed by atoms with Crippen LogP contribution in [0.15, 0.2) is 42.5 Å². The van der Waals surface area contributed by atoms with Crippen molar-refractivity contribution >= 4 is 27.6 Å². The molecule has 0 saturated carbocycles. The summed E-state index contributed by atoms with van der Waals surface area (Å²) in [5.74, 6) is 0.121. The van der Waals surface area contributed by atoms with Gasteiger partial charge >= 0.3 is 0 Å². The number of carbonyl (C=O) groups excluding carboxylic acids is 1. The van der Waals surface area contributed by atoms with Crippen molar-refractivity contribution in [3.63, 3.8) is 0 Å². The Kier molecular flexibility index (Phi) is 4.00. The Morgan fingerprint density at radius 1 is 1.00 bits per heavy atom. The quantitative estimate of drug-likeness (QED) is 0.645. The highest BCUT2D eigenvalue weighted by atomic mass is 16.1. The lowest BCUT2D eigenvalue weighted by Gasteiger charge is -2.35. The number of hydrogen-bond acceptors (Lipinski definition) is 2. The van der Waals surface area contributed by atoms with E-state index in [1.54, 1.807) is 0 Å². The lowest BCUT2D eigenvalue weighted by atomic mass is 9.88. The molecule has 0 atom stereocenters. The van der Waals surface area contributed by atoms with Crippen LogP contribution >= 0.6 is 0 Å². The summed E-state index contributed by atoms with van der Waals surface area (Å²) in [6.07, 6.45) is 0.963. The van der Waals surface area contributed by atoms with Gasteiger partial charge in [0.25, 0.3) is 0 Å². The highest BCUT2D eigenvalue weighted by Gasteiger charge is 2.33. The molecule has 1 heterocycles. The van der Waals surface area contributed by atoms with Gasteiger partial charge in [-0.25, -0.2) is 0 Å². The van der Waals surface area contributed by atoms with Crippen LogP contribution in [0.5, 0.6) is 0 Å². The monoisotopic (exact) mass is 322 g/mol. The van der Waals surface area contributed by atoms with Gasteiger partial charge in [0.1, 0.15) is 0 Å². The van der Waals surface area contributed by atoms with Crippen LogP contribution in [-0.2, 0) is 0 Å². The first-order valence-corrected chi connectivity index (χ1v) is 8.58. The predicted octanol–water partition coefficient (Wildman–Crippen LogP) is 5.06. The van der Waals surface area contributed by atoms with Crippen molar-refractivity contribution in [2.75, 3.05) is 0 Å². The number of aromatic nitrogens is 1. The first kappa shape index (κ1) is 16.7. The van der Waals surface area contributed by atoms with Gasteiger partial charge in [-0.1, -0.05) is 25.1 Å². The van der Waals surface area contributed by atoms with E-state index in [9.17, 15) is 4.79 Å². The summed E-state index contributed by atoms with van der Waals surface area (Å²) < 4.78 is 0. The van der Waals surface area contributed by atoms with Crippen molar-refractivity contribution in [1.29, 1.82) is 0 Å². The molecule has 0 radical (unpaired) electrons. The standard InChI is InChI=1S/C21H26N2O/c1-6-20(2,3)23-21(4,5)19(24)14-11-12-18-16(13-14)15-9-7-8-10-17(15)22-18/h7-13,22-23H,6H2,1-5H3. The van der Waals surface area contributed by atoms with Gasteiger partial charge in [-0.3, -0.25) is 4.79 Å². The number of ketones is 1. The Morgan fingerprint density at radius 2 is 1.67 bits per heavy atom. The molecule has 1 aromatic heterocycles. The zero-order chi connectivity index (χ0) is 17.5. The van der Waals surface area contributed by atoms with Gasteiger partial charge < -0.3 is 10.3 Å². The smallest absolute Gasteiger partial charge is 0.182 e. The van der Waals surface area contributed by atoms with Crippen molar-refractivity contribution in [1.82, 2.24) is 10.3 Å². The molecule has 3 nitrogen and oxygen atoms in total. The molecule has 0 aliphatic heterocycles. The number of benzene rings is 2. The number of carbonyl (C=O) groups is 1. The van der Waals surface area contributed by atoms with Gasteiger partial charge in [-0.15, -0.1) is 0 Å². The maximum absolute atomic E-state index is 13.1. The van der Waals surface area contributed by atoms with E-state index in [-0.39, 0.29) is 11.3 Å². The number of hydrogen-bond donors (Lipinski definition) is 2. The van der Waals surface area contributed by atoms with E-state index in [0.29, 0.717) is 0 Å². The largest absolute Gasteiger partial charge is 0.355 e. The van der Waals surface area contributed by atoms with Crippen molar-refractivity contribution in [3.8, 4) is 0 Å². The van der Waals surface area contributed by atoms with Gasteiger partial charge in [-0.2, -0.15) is 0 Å². The van der Waals surface area contributed by atoms with Crippen molar-refractivity contribution in [2.45, 2.75) is 52.1 Å². The van der Waals surface area contributed by atoms with Gasteiger partial charge in [0.15, 0.2) is 5.78 Å². The fraction of sp³-hybridized carbons (Fsp3) is 0.381. The topological polar surface area (TPSA) is 44.9 Å². The minimum atomic E-state index is -0.612.